The molecule has 6 nitrogen and oxygen atoms in total. The van der Waals surface area contributed by atoms with Crippen LogP contribution in [0.1, 0.15) is 23.7 Å². The molecular weight excluding hydrogens is 278 g/mol. The predicted molar refractivity (Wildman–Crippen MR) is 75.5 cm³/mol. The second kappa shape index (κ2) is 5.51. The van der Waals surface area contributed by atoms with Crippen molar-refractivity contribution in [1.82, 2.24) is 4.31 Å². The van der Waals surface area contributed by atoms with Crippen molar-refractivity contribution >= 4 is 15.9 Å². The van der Waals surface area contributed by atoms with Crippen LogP contribution in [0.4, 0.5) is 0 Å². The van der Waals surface area contributed by atoms with Gasteiger partial charge in [-0.3, -0.25) is 4.79 Å². The molecule has 0 radical (unpaired) electrons. The van der Waals surface area contributed by atoms with Crippen LogP contribution in [0.3, 0.4) is 0 Å². The van der Waals surface area contributed by atoms with Crippen molar-refractivity contribution in [2.45, 2.75) is 24.3 Å². The van der Waals surface area contributed by atoms with Gasteiger partial charge in [0.1, 0.15) is 0 Å². The molecule has 4 N–H and O–H groups in total. The van der Waals surface area contributed by atoms with E-state index in [4.69, 9.17) is 11.5 Å². The first kappa shape index (κ1) is 15.0. The zero-order chi connectivity index (χ0) is 14.9. The molecule has 1 aromatic carbocycles. The fraction of sp³-hybridized carbons (Fsp3) is 0.462. The van der Waals surface area contributed by atoms with E-state index in [1.165, 1.54) is 28.6 Å². The Morgan fingerprint density at radius 1 is 1.35 bits per heavy atom. The fourth-order valence-corrected chi connectivity index (χ4v) is 3.85. The van der Waals surface area contributed by atoms with Gasteiger partial charge in [0, 0.05) is 24.7 Å². The molecule has 1 heterocycles. The largest absolute Gasteiger partial charge is 0.366 e. The third-order valence-electron chi connectivity index (χ3n) is 3.71. The molecule has 1 aliphatic rings. The lowest BCUT2D eigenvalue weighted by Gasteiger charge is -2.18. The normalized spacial score (nSPS) is 21.8. The third-order valence-corrected chi connectivity index (χ3v) is 5.59. The number of hydrogen-bond donors (Lipinski definition) is 2. The van der Waals surface area contributed by atoms with Crippen LogP contribution >= 0.6 is 0 Å². The van der Waals surface area contributed by atoms with E-state index in [1.54, 1.807) is 0 Å². The number of hydrogen-bond acceptors (Lipinski definition) is 4. The summed E-state index contributed by atoms with van der Waals surface area (Å²) in [6.45, 7) is 2.81. The summed E-state index contributed by atoms with van der Waals surface area (Å²) >= 11 is 0. The molecule has 2 rings (SSSR count). The molecular formula is C13H19N3O3S. The van der Waals surface area contributed by atoms with Gasteiger partial charge in [0.05, 0.1) is 4.90 Å². The van der Waals surface area contributed by atoms with Gasteiger partial charge in [-0.1, -0.05) is 0 Å². The minimum Gasteiger partial charge on any atom is -0.366 e. The number of carbonyl (C=O) groups is 1. The van der Waals surface area contributed by atoms with Gasteiger partial charge in [0.2, 0.25) is 15.9 Å². The van der Waals surface area contributed by atoms with E-state index in [1.807, 2.05) is 6.92 Å². The van der Waals surface area contributed by atoms with Crippen molar-refractivity contribution in [3.05, 3.63) is 29.8 Å². The summed E-state index contributed by atoms with van der Waals surface area (Å²) in [5, 5.41) is 0. The average Bonchev–Trinajstić information content (AvgIpc) is 2.89. The Labute approximate surface area is 118 Å². The SMILES string of the molecule is CC(N)C1CCN(S(=O)(=O)c2ccc(C(N)=O)cc2)C1. The molecule has 1 fully saturated rings. The molecule has 1 amide bonds. The maximum atomic E-state index is 12.5. The number of nitrogens with two attached hydrogens (primary N) is 2. The van der Waals surface area contributed by atoms with Crippen molar-refractivity contribution in [3.63, 3.8) is 0 Å². The van der Waals surface area contributed by atoms with Gasteiger partial charge in [-0.2, -0.15) is 4.31 Å². The zero-order valence-electron chi connectivity index (χ0n) is 11.3. The second-order valence-corrected chi connectivity index (χ2v) is 7.10. The monoisotopic (exact) mass is 297 g/mol. The van der Waals surface area contributed by atoms with Gasteiger partial charge in [0.25, 0.3) is 0 Å². The van der Waals surface area contributed by atoms with Gasteiger partial charge in [-0.25, -0.2) is 8.42 Å². The Morgan fingerprint density at radius 3 is 2.40 bits per heavy atom. The predicted octanol–water partition coefficient (Wildman–Crippen LogP) is 0.143. The minimum atomic E-state index is -3.52. The first-order valence-electron chi connectivity index (χ1n) is 6.48. The highest BCUT2D eigenvalue weighted by atomic mass is 32.2. The molecule has 1 aromatic rings. The molecule has 0 aliphatic carbocycles. The fourth-order valence-electron chi connectivity index (χ4n) is 2.34. The van der Waals surface area contributed by atoms with Gasteiger partial charge < -0.3 is 11.5 Å². The summed E-state index contributed by atoms with van der Waals surface area (Å²) in [5.74, 6) is -0.387. The summed E-state index contributed by atoms with van der Waals surface area (Å²) in [4.78, 5) is 11.2. The van der Waals surface area contributed by atoms with E-state index in [0.29, 0.717) is 18.7 Å². The Kier molecular flexibility index (Phi) is 4.12. The average molecular weight is 297 g/mol. The van der Waals surface area contributed by atoms with Crippen molar-refractivity contribution in [2.24, 2.45) is 17.4 Å². The highest BCUT2D eigenvalue weighted by Gasteiger charge is 2.33. The molecule has 1 aliphatic heterocycles. The Balaban J connectivity index is 2.21. The molecule has 110 valence electrons. The second-order valence-electron chi connectivity index (χ2n) is 5.16. The molecule has 0 spiro atoms. The summed E-state index contributed by atoms with van der Waals surface area (Å²) < 4.78 is 26.4. The molecule has 0 bridgehead atoms. The van der Waals surface area contributed by atoms with E-state index in [2.05, 4.69) is 0 Å². The first-order chi connectivity index (χ1) is 9.32. The summed E-state index contributed by atoms with van der Waals surface area (Å²) in [6, 6.07) is 5.65. The molecule has 7 heteroatoms. The van der Waals surface area contributed by atoms with Crippen LogP contribution in [0.15, 0.2) is 29.2 Å². The Hall–Kier alpha value is -1.44. The maximum Gasteiger partial charge on any atom is 0.248 e. The zero-order valence-corrected chi connectivity index (χ0v) is 12.1. The number of sulfonamides is 1. The Morgan fingerprint density at radius 2 is 1.95 bits per heavy atom. The molecule has 0 saturated carbocycles. The topological polar surface area (TPSA) is 106 Å². The van der Waals surface area contributed by atoms with Crippen LogP contribution in [0.5, 0.6) is 0 Å². The van der Waals surface area contributed by atoms with Gasteiger partial charge in [-0.15, -0.1) is 0 Å². The van der Waals surface area contributed by atoms with Crippen molar-refractivity contribution < 1.29 is 13.2 Å². The minimum absolute atomic E-state index is 0.0209. The first-order valence-corrected chi connectivity index (χ1v) is 7.92. The molecule has 20 heavy (non-hydrogen) atoms. The van der Waals surface area contributed by atoms with Crippen LogP contribution < -0.4 is 11.5 Å². The highest BCUT2D eigenvalue weighted by Crippen LogP contribution is 2.25. The standard InChI is InChI=1S/C13H19N3O3S/c1-9(14)11-6-7-16(8-11)20(18,19)12-4-2-10(3-5-12)13(15)17/h2-5,9,11H,6-8,14H2,1H3,(H2,15,17). The van der Waals surface area contributed by atoms with E-state index in [0.717, 1.165) is 6.42 Å². The van der Waals surface area contributed by atoms with Crippen LogP contribution in [-0.2, 0) is 10.0 Å². The van der Waals surface area contributed by atoms with Gasteiger partial charge >= 0.3 is 0 Å². The van der Waals surface area contributed by atoms with Crippen LogP contribution in [0.25, 0.3) is 0 Å². The summed E-state index contributed by atoms with van der Waals surface area (Å²) in [6.07, 6.45) is 0.774. The number of carbonyl (C=O) groups excluding carboxylic acids is 1. The molecule has 2 atom stereocenters. The number of amides is 1. The van der Waals surface area contributed by atoms with Gasteiger partial charge in [0.15, 0.2) is 0 Å². The number of rotatable bonds is 4. The lowest BCUT2D eigenvalue weighted by molar-refractivity contribution is 0.1000. The quantitative estimate of drug-likeness (QED) is 0.824. The smallest absolute Gasteiger partial charge is 0.248 e. The third kappa shape index (κ3) is 2.84. The van der Waals surface area contributed by atoms with E-state index >= 15 is 0 Å². The molecule has 0 aromatic heterocycles. The van der Waals surface area contributed by atoms with Gasteiger partial charge in [-0.05, 0) is 43.5 Å². The Bertz CT molecular complexity index is 596. The lowest BCUT2D eigenvalue weighted by Crippen LogP contribution is -2.33. The maximum absolute atomic E-state index is 12.5. The van der Waals surface area contributed by atoms with Crippen molar-refractivity contribution in [3.8, 4) is 0 Å². The van der Waals surface area contributed by atoms with Crippen LogP contribution in [-0.4, -0.2) is 37.8 Å². The number of nitrogens with zero attached hydrogens (tertiary/aromatic N) is 1. The van der Waals surface area contributed by atoms with E-state index in [9.17, 15) is 13.2 Å². The molecule has 2 unspecified atom stereocenters. The van der Waals surface area contributed by atoms with E-state index in [-0.39, 0.29) is 16.9 Å². The highest BCUT2D eigenvalue weighted by molar-refractivity contribution is 7.89. The molecule has 1 saturated heterocycles. The van der Waals surface area contributed by atoms with Crippen LogP contribution in [0.2, 0.25) is 0 Å². The number of primary amides is 1. The van der Waals surface area contributed by atoms with Crippen molar-refractivity contribution in [2.75, 3.05) is 13.1 Å². The van der Waals surface area contributed by atoms with Crippen LogP contribution in [0, 0.1) is 5.92 Å². The summed E-state index contributed by atoms with van der Waals surface area (Å²) in [5.41, 5.74) is 11.2. The lowest BCUT2D eigenvalue weighted by atomic mass is 10.0. The van der Waals surface area contributed by atoms with E-state index < -0.39 is 15.9 Å². The number of benzene rings is 1. The summed E-state index contributed by atoms with van der Waals surface area (Å²) in [7, 11) is -3.52. The van der Waals surface area contributed by atoms with Crippen molar-refractivity contribution in [1.29, 1.82) is 0 Å².